The molecule has 76 valence electrons. The van der Waals surface area contributed by atoms with Crippen molar-refractivity contribution in [1.82, 2.24) is 4.98 Å². The van der Waals surface area contributed by atoms with Gasteiger partial charge in [-0.2, -0.15) is 13.2 Å². The van der Waals surface area contributed by atoms with Gasteiger partial charge in [-0.3, -0.25) is 10.1 Å². The molecule has 0 atom stereocenters. The number of nitro groups is 1. The molecule has 8 heteroatoms. The van der Waals surface area contributed by atoms with Crippen molar-refractivity contribution in [3.05, 3.63) is 28.1 Å². The Hall–Kier alpha value is -1.86. The minimum atomic E-state index is -4.88. The molecule has 0 aliphatic heterocycles. The van der Waals surface area contributed by atoms with Gasteiger partial charge in [0.05, 0.1) is 4.92 Å². The molecule has 0 fully saturated rings. The van der Waals surface area contributed by atoms with Gasteiger partial charge in [0.25, 0.3) is 0 Å². The van der Waals surface area contributed by atoms with Gasteiger partial charge in [-0.1, -0.05) is 0 Å². The minimum Gasteiger partial charge on any atom is -0.393 e. The molecule has 0 saturated carbocycles. The van der Waals surface area contributed by atoms with Gasteiger partial charge in [0.15, 0.2) is 0 Å². The summed E-state index contributed by atoms with van der Waals surface area (Å²) in [4.78, 5) is 12.0. The lowest BCUT2D eigenvalue weighted by atomic mass is 10.2. The summed E-state index contributed by atoms with van der Waals surface area (Å²) in [5.41, 5.74) is 1.69. The first-order chi connectivity index (χ1) is 6.34. The van der Waals surface area contributed by atoms with E-state index in [0.717, 1.165) is 12.3 Å². The lowest BCUT2D eigenvalue weighted by molar-refractivity contribution is -0.387. The van der Waals surface area contributed by atoms with E-state index in [9.17, 15) is 23.3 Å². The van der Waals surface area contributed by atoms with Crippen LogP contribution in [0.4, 0.5) is 24.5 Å². The Kier molecular flexibility index (Phi) is 2.28. The zero-order valence-corrected chi connectivity index (χ0v) is 6.58. The highest BCUT2D eigenvalue weighted by Crippen LogP contribution is 2.36. The molecule has 0 bridgehead atoms. The predicted octanol–water partition coefficient (Wildman–Crippen LogP) is 1.59. The SMILES string of the molecule is Nc1ccnc(C(F)(F)F)c1[N+](=O)[O-]. The van der Waals surface area contributed by atoms with E-state index >= 15 is 0 Å². The van der Waals surface area contributed by atoms with Crippen molar-refractivity contribution in [3.63, 3.8) is 0 Å². The van der Waals surface area contributed by atoms with Crippen LogP contribution in [-0.4, -0.2) is 9.91 Å². The van der Waals surface area contributed by atoms with E-state index in [4.69, 9.17) is 5.73 Å². The number of anilines is 1. The van der Waals surface area contributed by atoms with E-state index in [1.807, 2.05) is 0 Å². The van der Waals surface area contributed by atoms with Crippen LogP contribution in [0.15, 0.2) is 12.3 Å². The molecule has 0 saturated heterocycles. The highest BCUT2D eigenvalue weighted by molar-refractivity contribution is 5.60. The van der Waals surface area contributed by atoms with E-state index < -0.39 is 28.2 Å². The van der Waals surface area contributed by atoms with Gasteiger partial charge in [0.1, 0.15) is 5.69 Å². The van der Waals surface area contributed by atoms with Crippen molar-refractivity contribution in [1.29, 1.82) is 0 Å². The summed E-state index contributed by atoms with van der Waals surface area (Å²) in [6.07, 6.45) is -4.11. The minimum absolute atomic E-state index is 0.558. The molecular formula is C6H4F3N3O2. The third-order valence-corrected chi connectivity index (χ3v) is 1.41. The second kappa shape index (κ2) is 3.13. The Morgan fingerprint density at radius 1 is 1.50 bits per heavy atom. The van der Waals surface area contributed by atoms with Crippen molar-refractivity contribution in [2.45, 2.75) is 6.18 Å². The number of pyridine rings is 1. The highest BCUT2D eigenvalue weighted by Gasteiger charge is 2.41. The van der Waals surface area contributed by atoms with E-state index in [-0.39, 0.29) is 0 Å². The highest BCUT2D eigenvalue weighted by atomic mass is 19.4. The van der Waals surface area contributed by atoms with Crippen LogP contribution >= 0.6 is 0 Å². The van der Waals surface area contributed by atoms with E-state index in [1.54, 1.807) is 0 Å². The van der Waals surface area contributed by atoms with Crippen LogP contribution in [0.1, 0.15) is 5.69 Å². The number of nitrogens with zero attached hydrogens (tertiary/aromatic N) is 2. The number of nitrogen functional groups attached to an aromatic ring is 1. The van der Waals surface area contributed by atoms with Crippen LogP contribution in [0, 0.1) is 10.1 Å². The molecule has 1 heterocycles. The van der Waals surface area contributed by atoms with Gasteiger partial charge in [0.2, 0.25) is 5.69 Å². The average Bonchev–Trinajstić information content (AvgIpc) is 2.01. The Bertz CT molecular complexity index is 377. The number of alkyl halides is 3. The zero-order valence-electron chi connectivity index (χ0n) is 6.58. The standard InChI is InChI=1S/C6H4F3N3O2/c7-6(8,9)5-4(12(13)14)3(10)1-2-11-5/h1-2H,(H2,10,11). The second-order valence-electron chi connectivity index (χ2n) is 2.35. The first-order valence-electron chi connectivity index (χ1n) is 3.30. The summed E-state index contributed by atoms with van der Waals surface area (Å²) < 4.78 is 36.5. The maximum absolute atomic E-state index is 12.2. The third kappa shape index (κ3) is 1.73. The summed E-state index contributed by atoms with van der Waals surface area (Å²) in [6, 6.07) is 0.938. The predicted molar refractivity (Wildman–Crippen MR) is 40.3 cm³/mol. The molecule has 0 unspecified atom stereocenters. The Morgan fingerprint density at radius 3 is 2.43 bits per heavy atom. The molecule has 0 aromatic carbocycles. The zero-order chi connectivity index (χ0) is 10.9. The molecular weight excluding hydrogens is 203 g/mol. The quantitative estimate of drug-likeness (QED) is 0.559. The van der Waals surface area contributed by atoms with Crippen LogP contribution < -0.4 is 5.73 Å². The number of hydrogen-bond donors (Lipinski definition) is 1. The first-order valence-corrected chi connectivity index (χ1v) is 3.30. The number of halogens is 3. The summed E-state index contributed by atoms with van der Waals surface area (Å²) in [7, 11) is 0. The maximum atomic E-state index is 12.2. The van der Waals surface area contributed by atoms with Crippen molar-refractivity contribution in [3.8, 4) is 0 Å². The van der Waals surface area contributed by atoms with Crippen molar-refractivity contribution in [2.24, 2.45) is 0 Å². The van der Waals surface area contributed by atoms with Crippen LogP contribution in [0.5, 0.6) is 0 Å². The Balaban J connectivity index is 3.44. The van der Waals surface area contributed by atoms with Crippen LogP contribution in [0.3, 0.4) is 0 Å². The van der Waals surface area contributed by atoms with Gasteiger partial charge in [-0.15, -0.1) is 0 Å². The van der Waals surface area contributed by atoms with Crippen LogP contribution in [0.2, 0.25) is 0 Å². The molecule has 0 spiro atoms. The molecule has 2 N–H and O–H groups in total. The summed E-state index contributed by atoms with van der Waals surface area (Å²) >= 11 is 0. The molecule has 1 aromatic rings. The molecule has 1 rings (SSSR count). The molecule has 0 aliphatic carbocycles. The van der Waals surface area contributed by atoms with Crippen LogP contribution in [-0.2, 0) is 6.18 Å². The summed E-state index contributed by atoms with van der Waals surface area (Å²) in [5.74, 6) is 0. The van der Waals surface area contributed by atoms with Gasteiger partial charge >= 0.3 is 11.9 Å². The van der Waals surface area contributed by atoms with Crippen molar-refractivity contribution < 1.29 is 18.1 Å². The lowest BCUT2D eigenvalue weighted by Crippen LogP contribution is -2.12. The molecule has 14 heavy (non-hydrogen) atoms. The average molecular weight is 207 g/mol. The van der Waals surface area contributed by atoms with Crippen molar-refractivity contribution in [2.75, 3.05) is 5.73 Å². The summed E-state index contributed by atoms with van der Waals surface area (Å²) in [6.45, 7) is 0. The lowest BCUT2D eigenvalue weighted by Gasteiger charge is -2.06. The number of rotatable bonds is 1. The van der Waals surface area contributed by atoms with Gasteiger partial charge in [-0.05, 0) is 6.07 Å². The third-order valence-electron chi connectivity index (χ3n) is 1.41. The Labute approximate surface area is 75.5 Å². The van der Waals surface area contributed by atoms with Gasteiger partial charge < -0.3 is 5.73 Å². The molecule has 0 amide bonds. The fraction of sp³-hybridized carbons (Fsp3) is 0.167. The summed E-state index contributed by atoms with van der Waals surface area (Å²) in [5, 5.41) is 10.3. The van der Waals surface area contributed by atoms with E-state index in [0.29, 0.717) is 0 Å². The maximum Gasteiger partial charge on any atom is 0.440 e. The largest absolute Gasteiger partial charge is 0.440 e. The van der Waals surface area contributed by atoms with Gasteiger partial charge in [-0.25, -0.2) is 4.98 Å². The van der Waals surface area contributed by atoms with Crippen LogP contribution in [0.25, 0.3) is 0 Å². The fourth-order valence-electron chi connectivity index (χ4n) is 0.868. The molecule has 0 radical (unpaired) electrons. The van der Waals surface area contributed by atoms with Gasteiger partial charge in [0, 0.05) is 6.20 Å². The smallest absolute Gasteiger partial charge is 0.393 e. The fourth-order valence-corrected chi connectivity index (χ4v) is 0.868. The van der Waals surface area contributed by atoms with E-state index in [2.05, 4.69) is 4.98 Å². The topological polar surface area (TPSA) is 82.0 Å². The van der Waals surface area contributed by atoms with E-state index in [1.165, 1.54) is 0 Å². The monoisotopic (exact) mass is 207 g/mol. The molecule has 5 nitrogen and oxygen atoms in total. The Morgan fingerprint density at radius 2 is 2.07 bits per heavy atom. The molecule has 0 aliphatic rings. The number of aromatic nitrogens is 1. The molecule has 1 aromatic heterocycles. The van der Waals surface area contributed by atoms with Crippen molar-refractivity contribution >= 4 is 11.4 Å². The number of nitrogens with two attached hydrogens (primary N) is 1. The normalized spacial score (nSPS) is 11.4. The first kappa shape index (κ1) is 10.2. The number of hydrogen-bond acceptors (Lipinski definition) is 4. The second-order valence-corrected chi connectivity index (χ2v) is 2.35.